The van der Waals surface area contributed by atoms with Gasteiger partial charge in [-0.1, -0.05) is 6.07 Å². The summed E-state index contributed by atoms with van der Waals surface area (Å²) >= 11 is 0. The van der Waals surface area contributed by atoms with Gasteiger partial charge in [0.25, 0.3) is 0 Å². The minimum atomic E-state index is -0.482. The summed E-state index contributed by atoms with van der Waals surface area (Å²) in [7, 11) is 1.96. The van der Waals surface area contributed by atoms with Crippen molar-refractivity contribution in [2.75, 3.05) is 11.9 Å². The van der Waals surface area contributed by atoms with Gasteiger partial charge in [0.15, 0.2) is 0 Å². The number of hydrogen-bond acceptors (Lipinski definition) is 4. The summed E-state index contributed by atoms with van der Waals surface area (Å²) in [6, 6.07) is 7.71. The predicted octanol–water partition coefficient (Wildman–Crippen LogP) is 2.67. The topological polar surface area (TPSA) is 49.5 Å². The molecule has 0 fully saturated rings. The Kier molecular flexibility index (Phi) is 3.67. The van der Waals surface area contributed by atoms with Crippen LogP contribution >= 0.6 is 0 Å². The zero-order chi connectivity index (χ0) is 13.1. The Morgan fingerprint density at radius 1 is 1.33 bits per heavy atom. The normalized spacial score (nSPS) is 12.4. The summed E-state index contributed by atoms with van der Waals surface area (Å²) in [5.74, 6) is 2.68. The van der Waals surface area contributed by atoms with Crippen LogP contribution in [0.3, 0.4) is 0 Å². The van der Waals surface area contributed by atoms with Crippen LogP contribution in [0.1, 0.15) is 30.1 Å². The van der Waals surface area contributed by atoms with Gasteiger partial charge in [0, 0.05) is 13.2 Å². The minimum absolute atomic E-state index is 0.482. The van der Waals surface area contributed by atoms with Crippen molar-refractivity contribution in [3.8, 4) is 0 Å². The summed E-state index contributed by atoms with van der Waals surface area (Å²) in [4.78, 5) is 6.33. The fourth-order valence-corrected chi connectivity index (χ4v) is 1.76. The summed E-state index contributed by atoms with van der Waals surface area (Å²) in [5.41, 5.74) is 0.820. The van der Waals surface area contributed by atoms with Crippen LogP contribution in [0.4, 0.5) is 5.82 Å². The van der Waals surface area contributed by atoms with E-state index in [4.69, 9.17) is 4.42 Å². The van der Waals surface area contributed by atoms with Crippen LogP contribution in [0.25, 0.3) is 0 Å². The SMILES string of the molecule is Cc1ccc(CN(C)c2ccc([C@@H](C)O)cn2)o1. The van der Waals surface area contributed by atoms with Gasteiger partial charge in [0.1, 0.15) is 17.3 Å². The first-order valence-corrected chi connectivity index (χ1v) is 5.96. The van der Waals surface area contributed by atoms with E-state index in [0.29, 0.717) is 6.54 Å². The van der Waals surface area contributed by atoms with Gasteiger partial charge in [-0.3, -0.25) is 0 Å². The van der Waals surface area contributed by atoms with Crippen LogP contribution in [-0.4, -0.2) is 17.1 Å². The van der Waals surface area contributed by atoms with Crippen LogP contribution < -0.4 is 4.90 Å². The van der Waals surface area contributed by atoms with Gasteiger partial charge < -0.3 is 14.4 Å². The molecule has 1 N–H and O–H groups in total. The Bertz CT molecular complexity index is 503. The molecule has 2 heterocycles. The molecule has 1 atom stereocenters. The van der Waals surface area contributed by atoms with E-state index in [0.717, 1.165) is 22.9 Å². The highest BCUT2D eigenvalue weighted by Gasteiger charge is 2.07. The number of pyridine rings is 1. The van der Waals surface area contributed by atoms with E-state index in [-0.39, 0.29) is 0 Å². The minimum Gasteiger partial charge on any atom is -0.464 e. The van der Waals surface area contributed by atoms with Gasteiger partial charge >= 0.3 is 0 Å². The first kappa shape index (κ1) is 12.6. The van der Waals surface area contributed by atoms with Crippen LogP contribution in [0.15, 0.2) is 34.9 Å². The Labute approximate surface area is 107 Å². The highest BCUT2D eigenvalue weighted by Crippen LogP contribution is 2.17. The zero-order valence-corrected chi connectivity index (χ0v) is 10.9. The van der Waals surface area contributed by atoms with Gasteiger partial charge in [0.2, 0.25) is 0 Å². The van der Waals surface area contributed by atoms with E-state index in [1.165, 1.54) is 0 Å². The number of aliphatic hydroxyl groups excluding tert-OH is 1. The Balaban J connectivity index is 2.06. The van der Waals surface area contributed by atoms with Crippen molar-refractivity contribution in [1.29, 1.82) is 0 Å². The molecular weight excluding hydrogens is 228 g/mol. The number of rotatable bonds is 4. The molecular formula is C14H18N2O2. The molecule has 4 nitrogen and oxygen atoms in total. The third-order valence-corrected chi connectivity index (χ3v) is 2.83. The standard InChI is InChI=1S/C14H18N2O2/c1-10-4-6-13(18-10)9-16(3)14-7-5-12(8-15-14)11(2)17/h4-8,11,17H,9H2,1-3H3/t11-/m1/s1. The number of hydrogen-bond donors (Lipinski definition) is 1. The fraction of sp³-hybridized carbons (Fsp3) is 0.357. The fourth-order valence-electron chi connectivity index (χ4n) is 1.76. The van der Waals surface area contributed by atoms with Crippen molar-refractivity contribution in [3.05, 3.63) is 47.5 Å². The number of aryl methyl sites for hydroxylation is 1. The van der Waals surface area contributed by atoms with E-state index in [2.05, 4.69) is 4.98 Å². The smallest absolute Gasteiger partial charge is 0.128 e. The van der Waals surface area contributed by atoms with Crippen LogP contribution in [0.2, 0.25) is 0 Å². The number of anilines is 1. The lowest BCUT2D eigenvalue weighted by molar-refractivity contribution is 0.199. The lowest BCUT2D eigenvalue weighted by Crippen LogP contribution is -2.17. The average Bonchev–Trinajstić information content (AvgIpc) is 2.75. The largest absolute Gasteiger partial charge is 0.464 e. The maximum absolute atomic E-state index is 9.42. The van der Waals surface area contributed by atoms with Crippen molar-refractivity contribution in [2.24, 2.45) is 0 Å². The molecule has 96 valence electrons. The molecule has 0 spiro atoms. The third-order valence-electron chi connectivity index (χ3n) is 2.83. The molecule has 0 aliphatic carbocycles. The molecule has 0 aromatic carbocycles. The second-order valence-corrected chi connectivity index (χ2v) is 4.49. The molecule has 4 heteroatoms. The molecule has 0 saturated heterocycles. The number of aromatic nitrogens is 1. The molecule has 0 saturated carbocycles. The highest BCUT2D eigenvalue weighted by molar-refractivity contribution is 5.39. The molecule has 0 bridgehead atoms. The lowest BCUT2D eigenvalue weighted by atomic mass is 10.2. The van der Waals surface area contributed by atoms with E-state index in [1.807, 2.05) is 43.1 Å². The van der Waals surface area contributed by atoms with Crippen molar-refractivity contribution in [3.63, 3.8) is 0 Å². The van der Waals surface area contributed by atoms with Gasteiger partial charge in [-0.25, -0.2) is 4.98 Å². The van der Waals surface area contributed by atoms with Crippen molar-refractivity contribution in [1.82, 2.24) is 4.98 Å². The molecule has 18 heavy (non-hydrogen) atoms. The van der Waals surface area contributed by atoms with E-state index >= 15 is 0 Å². The van der Waals surface area contributed by atoms with Crippen LogP contribution in [-0.2, 0) is 6.54 Å². The molecule has 2 aromatic rings. The maximum Gasteiger partial charge on any atom is 0.128 e. The first-order valence-electron chi connectivity index (χ1n) is 5.96. The summed E-state index contributed by atoms with van der Waals surface area (Å²) < 4.78 is 5.53. The van der Waals surface area contributed by atoms with Crippen LogP contribution in [0, 0.1) is 6.92 Å². The second kappa shape index (κ2) is 5.23. The number of furan rings is 1. The quantitative estimate of drug-likeness (QED) is 0.901. The lowest BCUT2D eigenvalue weighted by Gasteiger charge is -2.17. The molecule has 2 aromatic heterocycles. The Hall–Kier alpha value is -1.81. The zero-order valence-electron chi connectivity index (χ0n) is 10.9. The molecule has 0 aliphatic rings. The Morgan fingerprint density at radius 3 is 2.61 bits per heavy atom. The monoisotopic (exact) mass is 246 g/mol. The highest BCUT2D eigenvalue weighted by atomic mass is 16.3. The van der Waals surface area contributed by atoms with Crippen molar-refractivity contribution >= 4 is 5.82 Å². The third kappa shape index (κ3) is 2.90. The number of nitrogens with zero attached hydrogens (tertiary/aromatic N) is 2. The van der Waals surface area contributed by atoms with Crippen LogP contribution in [0.5, 0.6) is 0 Å². The van der Waals surface area contributed by atoms with E-state index in [9.17, 15) is 5.11 Å². The van der Waals surface area contributed by atoms with E-state index < -0.39 is 6.10 Å². The molecule has 0 unspecified atom stereocenters. The summed E-state index contributed by atoms with van der Waals surface area (Å²) in [6.45, 7) is 4.33. The summed E-state index contributed by atoms with van der Waals surface area (Å²) in [6.07, 6.45) is 1.22. The van der Waals surface area contributed by atoms with Gasteiger partial charge in [-0.15, -0.1) is 0 Å². The van der Waals surface area contributed by atoms with E-state index in [1.54, 1.807) is 13.1 Å². The maximum atomic E-state index is 9.42. The molecule has 0 radical (unpaired) electrons. The Morgan fingerprint density at radius 2 is 2.11 bits per heavy atom. The first-order chi connectivity index (χ1) is 8.56. The second-order valence-electron chi connectivity index (χ2n) is 4.49. The average molecular weight is 246 g/mol. The molecule has 0 amide bonds. The molecule has 0 aliphatic heterocycles. The van der Waals surface area contributed by atoms with Gasteiger partial charge in [0.05, 0.1) is 12.6 Å². The predicted molar refractivity (Wildman–Crippen MR) is 70.4 cm³/mol. The van der Waals surface area contributed by atoms with Gasteiger partial charge in [-0.2, -0.15) is 0 Å². The summed E-state index contributed by atoms with van der Waals surface area (Å²) in [5, 5.41) is 9.42. The van der Waals surface area contributed by atoms with Crippen molar-refractivity contribution < 1.29 is 9.52 Å². The van der Waals surface area contributed by atoms with Crippen molar-refractivity contribution in [2.45, 2.75) is 26.5 Å². The van der Waals surface area contributed by atoms with Gasteiger partial charge in [-0.05, 0) is 37.6 Å². The molecule has 2 rings (SSSR count). The number of aliphatic hydroxyl groups is 1.